The van der Waals surface area contributed by atoms with E-state index in [1.165, 1.54) is 42.1 Å². The standard InChI is InChI=1S/C17H16ClFN6O2.C6H10N2.C2H6/c1-9(20)16(24-21)10-4-14(17-12(18)6-23-25(17)7-10)27-15(8-26)13-3-2-11(19)5-22-13;7-6-8-4-2-1-3-5-8;1-2/h2-7,15,20,26H,8,21H2,1H3;1-5H2;1-2H3/b20-9?,24-16+;;. The van der Waals surface area contributed by atoms with E-state index in [1.54, 1.807) is 19.2 Å². The highest BCUT2D eigenvalue weighted by Crippen LogP contribution is 2.32. The number of nitriles is 1. The smallest absolute Gasteiger partial charge is 0.179 e. The number of nitrogens with one attached hydrogen (secondary N) is 1. The van der Waals surface area contributed by atoms with Crippen molar-refractivity contribution in [3.8, 4) is 11.9 Å². The molecule has 12 heteroatoms. The van der Waals surface area contributed by atoms with E-state index in [0.717, 1.165) is 19.3 Å². The minimum Gasteiger partial charge on any atom is -0.479 e. The predicted octanol–water partition coefficient (Wildman–Crippen LogP) is 4.32. The lowest BCUT2D eigenvalue weighted by molar-refractivity contribution is 0.114. The molecule has 4 heterocycles. The summed E-state index contributed by atoms with van der Waals surface area (Å²) in [5.74, 6) is 5.19. The number of hydrazone groups is 1. The molecule has 198 valence electrons. The summed E-state index contributed by atoms with van der Waals surface area (Å²) in [6.45, 7) is 7.11. The van der Waals surface area contributed by atoms with E-state index in [0.29, 0.717) is 21.8 Å². The topological polar surface area (TPSA) is 149 Å². The minimum atomic E-state index is -0.866. The normalized spacial score (nSPS) is 14.0. The summed E-state index contributed by atoms with van der Waals surface area (Å²) in [5.41, 5.74) is 1.68. The molecule has 0 amide bonds. The maximum Gasteiger partial charge on any atom is 0.179 e. The van der Waals surface area contributed by atoms with Crippen LogP contribution >= 0.6 is 11.6 Å². The molecule has 3 aromatic heterocycles. The van der Waals surface area contributed by atoms with E-state index in [2.05, 4.69) is 21.4 Å². The van der Waals surface area contributed by atoms with Crippen LogP contribution in [0.1, 0.15) is 57.4 Å². The molecule has 0 aliphatic carbocycles. The Balaban J connectivity index is 0.000000406. The number of hydrogen-bond donors (Lipinski definition) is 3. The summed E-state index contributed by atoms with van der Waals surface area (Å²) in [5, 5.41) is 34.0. The lowest BCUT2D eigenvalue weighted by Crippen LogP contribution is -2.24. The SMILES string of the molecule is CC.CC(=N)/C(=N\N)c1cc(OC(CO)c2ccc(F)cn2)c2c(Cl)cnn2c1.N#CN1CCCCC1. The van der Waals surface area contributed by atoms with Gasteiger partial charge in [0.2, 0.25) is 0 Å². The van der Waals surface area contributed by atoms with Crippen molar-refractivity contribution >= 4 is 28.5 Å². The third-order valence-electron chi connectivity index (χ3n) is 5.30. The van der Waals surface area contributed by atoms with E-state index >= 15 is 0 Å². The van der Waals surface area contributed by atoms with E-state index < -0.39 is 18.5 Å². The maximum absolute atomic E-state index is 13.1. The van der Waals surface area contributed by atoms with Crippen LogP contribution in [0.2, 0.25) is 5.02 Å². The van der Waals surface area contributed by atoms with Crippen LogP contribution in [-0.2, 0) is 0 Å². The molecule has 1 atom stereocenters. The number of aliphatic hydroxyl groups is 1. The number of ether oxygens (including phenoxy) is 1. The Kier molecular flexibility index (Phi) is 11.7. The fourth-order valence-electron chi connectivity index (χ4n) is 3.57. The zero-order chi connectivity index (χ0) is 27.4. The van der Waals surface area contributed by atoms with Gasteiger partial charge in [-0.2, -0.15) is 15.5 Å². The monoisotopic (exact) mass is 530 g/mol. The molecule has 0 saturated carbocycles. The third-order valence-corrected chi connectivity index (χ3v) is 5.58. The highest BCUT2D eigenvalue weighted by molar-refractivity contribution is 6.46. The molecule has 0 aromatic carbocycles. The number of aliphatic hydroxyl groups excluding tert-OH is 1. The highest BCUT2D eigenvalue weighted by atomic mass is 35.5. The number of piperidine rings is 1. The van der Waals surface area contributed by atoms with Gasteiger partial charge in [-0.1, -0.05) is 25.4 Å². The second-order valence-corrected chi connectivity index (χ2v) is 8.23. The Morgan fingerprint density at radius 1 is 1.32 bits per heavy atom. The van der Waals surface area contributed by atoms with Gasteiger partial charge in [0.15, 0.2) is 12.3 Å². The van der Waals surface area contributed by atoms with Gasteiger partial charge < -0.3 is 26.0 Å². The largest absolute Gasteiger partial charge is 0.479 e. The summed E-state index contributed by atoms with van der Waals surface area (Å²) < 4.78 is 20.5. The molecule has 0 bridgehead atoms. The van der Waals surface area contributed by atoms with Crippen molar-refractivity contribution in [1.82, 2.24) is 19.5 Å². The Morgan fingerprint density at radius 3 is 2.54 bits per heavy atom. The van der Waals surface area contributed by atoms with Gasteiger partial charge in [-0.25, -0.2) is 8.91 Å². The fourth-order valence-corrected chi connectivity index (χ4v) is 3.79. The van der Waals surface area contributed by atoms with Gasteiger partial charge in [0.1, 0.15) is 22.8 Å². The molecule has 10 nitrogen and oxygen atoms in total. The van der Waals surface area contributed by atoms with Crippen LogP contribution in [0.3, 0.4) is 0 Å². The lowest BCUT2D eigenvalue weighted by atomic mass is 10.1. The highest BCUT2D eigenvalue weighted by Gasteiger charge is 2.20. The zero-order valence-electron chi connectivity index (χ0n) is 21.2. The molecular weight excluding hydrogens is 499 g/mol. The second-order valence-electron chi connectivity index (χ2n) is 7.82. The summed E-state index contributed by atoms with van der Waals surface area (Å²) in [4.78, 5) is 5.77. The van der Waals surface area contributed by atoms with Crippen LogP contribution in [0.5, 0.6) is 5.75 Å². The average molecular weight is 531 g/mol. The predicted molar refractivity (Wildman–Crippen MR) is 141 cm³/mol. The molecule has 1 saturated heterocycles. The molecule has 0 spiro atoms. The first-order valence-electron chi connectivity index (χ1n) is 11.9. The Bertz CT molecular complexity index is 1230. The molecule has 1 unspecified atom stereocenters. The summed E-state index contributed by atoms with van der Waals surface area (Å²) >= 11 is 6.21. The van der Waals surface area contributed by atoms with Gasteiger partial charge in [0.25, 0.3) is 0 Å². The third kappa shape index (κ3) is 7.87. The molecule has 4 N–H and O–H groups in total. The summed E-state index contributed by atoms with van der Waals surface area (Å²) in [7, 11) is 0. The number of likely N-dealkylation sites (tertiary alicyclic amines) is 1. The molecular formula is C25H32ClFN8O2. The van der Waals surface area contributed by atoms with Gasteiger partial charge in [-0.15, -0.1) is 0 Å². The van der Waals surface area contributed by atoms with Crippen LogP contribution < -0.4 is 10.6 Å². The zero-order valence-corrected chi connectivity index (χ0v) is 21.9. The maximum atomic E-state index is 13.1. The first kappa shape index (κ1) is 29.5. The van der Waals surface area contributed by atoms with Gasteiger partial charge in [0.05, 0.1) is 35.4 Å². The Morgan fingerprint density at radius 2 is 2.03 bits per heavy atom. The van der Waals surface area contributed by atoms with Crippen LogP contribution in [0, 0.1) is 22.7 Å². The molecule has 1 aliphatic heterocycles. The first-order valence-corrected chi connectivity index (χ1v) is 12.3. The van der Waals surface area contributed by atoms with Gasteiger partial charge in [-0.3, -0.25) is 4.98 Å². The molecule has 1 aliphatic rings. The number of nitrogens with zero attached hydrogens (tertiary/aromatic N) is 6. The van der Waals surface area contributed by atoms with Gasteiger partial charge >= 0.3 is 0 Å². The number of fused-ring (bicyclic) bond motifs is 1. The molecule has 3 aromatic rings. The first-order chi connectivity index (χ1) is 17.9. The minimum absolute atomic E-state index is 0.153. The molecule has 37 heavy (non-hydrogen) atoms. The van der Waals surface area contributed by atoms with Crippen molar-refractivity contribution in [2.24, 2.45) is 10.9 Å². The number of hydrogen-bond acceptors (Lipinski definition) is 9. The van der Waals surface area contributed by atoms with Crippen molar-refractivity contribution < 1.29 is 14.2 Å². The molecule has 1 fully saturated rings. The van der Waals surface area contributed by atoms with E-state index in [1.807, 2.05) is 18.7 Å². The summed E-state index contributed by atoms with van der Waals surface area (Å²) in [6, 6.07) is 4.24. The van der Waals surface area contributed by atoms with Crippen LogP contribution in [0.15, 0.2) is 41.9 Å². The van der Waals surface area contributed by atoms with Crippen molar-refractivity contribution in [2.75, 3.05) is 19.7 Å². The number of rotatable bonds is 6. The second kappa shape index (κ2) is 14.7. The van der Waals surface area contributed by atoms with E-state index in [9.17, 15) is 9.50 Å². The number of aromatic nitrogens is 3. The molecule has 0 radical (unpaired) electrons. The van der Waals surface area contributed by atoms with Gasteiger partial charge in [-0.05, 0) is 44.4 Å². The Hall–Kier alpha value is -3.75. The summed E-state index contributed by atoms with van der Waals surface area (Å²) in [6.07, 6.45) is 9.07. The van der Waals surface area contributed by atoms with Gasteiger partial charge in [0, 0.05) is 24.8 Å². The number of pyridine rings is 2. The fraction of sp³-hybridized carbons (Fsp3) is 0.400. The number of halogens is 2. The number of nitrogens with two attached hydrogens (primary N) is 1. The molecule has 4 rings (SSSR count). The van der Waals surface area contributed by atoms with Crippen LogP contribution in [0.4, 0.5) is 4.39 Å². The Labute approximate surface area is 220 Å². The lowest BCUT2D eigenvalue weighted by Gasteiger charge is -2.19. The van der Waals surface area contributed by atoms with Crippen molar-refractivity contribution in [1.29, 1.82) is 10.7 Å². The van der Waals surface area contributed by atoms with Crippen LogP contribution in [0.25, 0.3) is 5.52 Å². The quantitative estimate of drug-likeness (QED) is 0.186. The van der Waals surface area contributed by atoms with Crippen LogP contribution in [-0.4, -0.2) is 55.7 Å². The average Bonchev–Trinajstić information content (AvgIpc) is 3.30. The van der Waals surface area contributed by atoms with Crippen molar-refractivity contribution in [3.05, 3.63) is 58.9 Å². The van der Waals surface area contributed by atoms with Crippen molar-refractivity contribution in [2.45, 2.75) is 46.1 Å². The van der Waals surface area contributed by atoms with E-state index in [4.69, 9.17) is 32.9 Å². The van der Waals surface area contributed by atoms with E-state index in [-0.39, 0.29) is 17.2 Å². The van der Waals surface area contributed by atoms with Crippen molar-refractivity contribution in [3.63, 3.8) is 0 Å².